The molecule has 0 amide bonds. The van der Waals surface area contributed by atoms with E-state index in [1.807, 2.05) is 12.0 Å². The second kappa shape index (κ2) is 7.57. The molecule has 1 aliphatic rings. The summed E-state index contributed by atoms with van der Waals surface area (Å²) in [5.74, 6) is 0.385. The number of phenolic OH excluding ortho intramolecular Hbond substituents is 2. The minimum atomic E-state index is -0.632. The zero-order chi connectivity index (χ0) is 14.5. The molecule has 0 saturated heterocycles. The van der Waals surface area contributed by atoms with E-state index in [1.54, 1.807) is 12.1 Å². The van der Waals surface area contributed by atoms with E-state index in [0.717, 1.165) is 24.8 Å². The topological polar surface area (TPSA) is 60.7 Å². The Labute approximate surface area is 128 Å². The summed E-state index contributed by atoms with van der Waals surface area (Å²) in [4.78, 5) is 0. The lowest BCUT2D eigenvalue weighted by Crippen LogP contribution is -2.30. The van der Waals surface area contributed by atoms with Gasteiger partial charge in [-0.2, -0.15) is 0 Å². The van der Waals surface area contributed by atoms with Crippen LogP contribution in [0.4, 0.5) is 0 Å². The number of phenols is 2. The van der Waals surface area contributed by atoms with E-state index in [1.165, 1.54) is 6.07 Å². The van der Waals surface area contributed by atoms with Gasteiger partial charge in [-0.25, -0.2) is 0 Å². The van der Waals surface area contributed by atoms with Gasteiger partial charge in [-0.05, 0) is 50.2 Å². The van der Waals surface area contributed by atoms with Gasteiger partial charge in [0.05, 0.1) is 5.60 Å². The average molecular weight is 297 g/mol. The fraction of sp³-hybridized carbons (Fsp3) is 0.571. The second-order valence-corrected chi connectivity index (χ2v) is 7.44. The van der Waals surface area contributed by atoms with Gasteiger partial charge >= 0.3 is 19.3 Å². The summed E-state index contributed by atoms with van der Waals surface area (Å²) in [5.41, 5.74) is 0.200. The van der Waals surface area contributed by atoms with Crippen molar-refractivity contribution in [1.29, 1.82) is 0 Å². The van der Waals surface area contributed by atoms with E-state index < -0.39 is 5.60 Å². The van der Waals surface area contributed by atoms with Crippen LogP contribution in [-0.4, -0.2) is 40.2 Å². The van der Waals surface area contributed by atoms with Gasteiger partial charge in [0, 0.05) is 6.07 Å². The monoisotopic (exact) mass is 296 g/mol. The van der Waals surface area contributed by atoms with Gasteiger partial charge < -0.3 is 24.4 Å². The molecule has 5 heteroatoms. The van der Waals surface area contributed by atoms with E-state index in [2.05, 4.69) is 0 Å². The lowest BCUT2D eigenvalue weighted by Gasteiger charge is -2.34. The molecule has 1 aromatic rings. The predicted octanol–water partition coefficient (Wildman–Crippen LogP) is 3.40. The molecule has 19 heavy (non-hydrogen) atoms. The van der Waals surface area contributed by atoms with Gasteiger partial charge in [0.2, 0.25) is 0 Å². The maximum Gasteiger partial charge on any atom is 0.497 e. The second-order valence-electron chi connectivity index (χ2n) is 5.30. The minimum Gasteiger partial charge on any atom is -0.508 e. The summed E-state index contributed by atoms with van der Waals surface area (Å²) in [7, 11) is 5.14. The number of hydrogen-bond donors (Lipinski definition) is 3. The molecule has 1 fully saturated rings. The largest absolute Gasteiger partial charge is 0.508 e. The molecule has 0 aliphatic heterocycles. The van der Waals surface area contributed by atoms with Crippen LogP contribution in [0.15, 0.2) is 18.2 Å². The standard InChI is InChI=1S/C13H18O3.CH3.ClH.Mg/c1-13(16)6-2-3-9(8-13)11-5-4-10(14)7-12(11)15;;;/h4-5,7,9,14-16H,2-3,6,8H2,1H3;1H3;1H;/q;;;+1/p-1. The third-order valence-corrected chi connectivity index (χ3v) is 3.41. The minimum absolute atomic E-state index is 0.0730. The van der Waals surface area contributed by atoms with Crippen molar-refractivity contribution in [3.63, 3.8) is 0 Å². The van der Waals surface area contributed by atoms with Crippen LogP contribution >= 0.6 is 9.07 Å². The maximum atomic E-state index is 10.0. The summed E-state index contributed by atoms with van der Waals surface area (Å²) in [6.45, 7) is 1.84. The van der Waals surface area contributed by atoms with E-state index in [-0.39, 0.29) is 36.7 Å². The Kier molecular flexibility index (Phi) is 6.73. The SMILES string of the molecule is CC1(O)CCCC(c2ccc(O)cc2O)C1.[CH3][Mg][Cl]. The summed E-state index contributed by atoms with van der Waals surface area (Å²) < 4.78 is 0. The lowest BCUT2D eigenvalue weighted by molar-refractivity contribution is 0.0142. The Morgan fingerprint density at radius 1 is 1.37 bits per heavy atom. The molecule has 104 valence electrons. The first-order valence-electron chi connectivity index (χ1n) is 6.70. The Bertz CT molecular complexity index is 410. The molecule has 2 rings (SSSR count). The first kappa shape index (κ1) is 16.9. The molecule has 2 unspecified atom stereocenters. The number of halogens is 1. The Hall–Kier alpha value is -0.164. The van der Waals surface area contributed by atoms with Gasteiger partial charge in [-0.15, -0.1) is 5.05 Å². The molecule has 1 aromatic carbocycles. The molecule has 3 nitrogen and oxygen atoms in total. The maximum absolute atomic E-state index is 10.0. The van der Waals surface area contributed by atoms with E-state index in [9.17, 15) is 15.3 Å². The molecular formula is C14H21ClMgO3. The summed E-state index contributed by atoms with van der Waals surface area (Å²) in [6.07, 6.45) is 3.44. The van der Waals surface area contributed by atoms with Crippen molar-refractivity contribution in [1.82, 2.24) is 0 Å². The quantitative estimate of drug-likeness (QED) is 0.696. The predicted molar refractivity (Wildman–Crippen MR) is 79.1 cm³/mol. The highest BCUT2D eigenvalue weighted by molar-refractivity contribution is 6.92. The van der Waals surface area contributed by atoms with Crippen molar-refractivity contribution in [3.05, 3.63) is 23.8 Å². The van der Waals surface area contributed by atoms with Crippen LogP contribution in [-0.2, 0) is 0 Å². The summed E-state index contributed by atoms with van der Waals surface area (Å²) >= 11 is -0.111. The van der Waals surface area contributed by atoms with Crippen LogP contribution in [0.25, 0.3) is 0 Å². The Balaban J connectivity index is 0.000000550. The van der Waals surface area contributed by atoms with E-state index in [0.29, 0.717) is 6.42 Å². The van der Waals surface area contributed by atoms with Crippen molar-refractivity contribution in [3.8, 4) is 11.5 Å². The molecule has 0 radical (unpaired) electrons. The van der Waals surface area contributed by atoms with Gasteiger partial charge in [-0.3, -0.25) is 0 Å². The van der Waals surface area contributed by atoms with Gasteiger partial charge in [0.15, 0.2) is 0 Å². The smallest absolute Gasteiger partial charge is 0.497 e. The fourth-order valence-corrected chi connectivity index (χ4v) is 2.61. The van der Waals surface area contributed by atoms with Crippen LogP contribution < -0.4 is 0 Å². The van der Waals surface area contributed by atoms with Gasteiger partial charge in [-0.1, -0.05) is 6.07 Å². The lowest BCUT2D eigenvalue weighted by atomic mass is 9.76. The molecule has 0 aromatic heterocycles. The van der Waals surface area contributed by atoms with Crippen LogP contribution in [0.2, 0.25) is 5.05 Å². The highest BCUT2D eigenvalue weighted by Gasteiger charge is 2.31. The molecular weight excluding hydrogens is 276 g/mol. The van der Waals surface area contributed by atoms with Crippen molar-refractivity contribution in [2.75, 3.05) is 0 Å². The molecule has 3 N–H and O–H groups in total. The first-order valence-corrected chi connectivity index (χ1v) is 10.2. The highest BCUT2D eigenvalue weighted by atomic mass is 35.5. The van der Waals surface area contributed by atoms with E-state index in [4.69, 9.17) is 9.07 Å². The van der Waals surface area contributed by atoms with E-state index >= 15 is 0 Å². The third-order valence-electron chi connectivity index (χ3n) is 3.41. The number of rotatable bonds is 1. The van der Waals surface area contributed by atoms with Crippen molar-refractivity contribution >= 4 is 28.3 Å². The zero-order valence-electron chi connectivity index (χ0n) is 11.6. The highest BCUT2D eigenvalue weighted by Crippen LogP contribution is 2.41. The number of aliphatic hydroxyl groups is 1. The zero-order valence-corrected chi connectivity index (χ0v) is 13.7. The van der Waals surface area contributed by atoms with Gasteiger partial charge in [0.1, 0.15) is 11.5 Å². The van der Waals surface area contributed by atoms with Crippen molar-refractivity contribution in [2.24, 2.45) is 0 Å². The molecule has 0 heterocycles. The normalized spacial score (nSPS) is 26.0. The van der Waals surface area contributed by atoms with Gasteiger partial charge in [0.25, 0.3) is 0 Å². The number of benzene rings is 1. The van der Waals surface area contributed by atoms with Crippen LogP contribution in [0.1, 0.15) is 44.1 Å². The molecule has 1 aliphatic carbocycles. The molecule has 2 atom stereocenters. The molecule has 1 saturated carbocycles. The average Bonchev–Trinajstić information content (AvgIpc) is 2.28. The molecule has 0 bridgehead atoms. The van der Waals surface area contributed by atoms with Crippen LogP contribution in [0.5, 0.6) is 11.5 Å². The van der Waals surface area contributed by atoms with Crippen molar-refractivity contribution in [2.45, 2.75) is 49.2 Å². The van der Waals surface area contributed by atoms with Crippen molar-refractivity contribution < 1.29 is 15.3 Å². The summed E-state index contributed by atoms with van der Waals surface area (Å²) in [5, 5.41) is 31.1. The third kappa shape index (κ3) is 5.38. The molecule has 0 spiro atoms. The number of aromatic hydroxyl groups is 2. The Morgan fingerprint density at radius 2 is 2.00 bits per heavy atom. The van der Waals surface area contributed by atoms with Crippen LogP contribution in [0, 0.1) is 0 Å². The summed E-state index contributed by atoms with van der Waals surface area (Å²) in [6, 6.07) is 4.69. The fourth-order valence-electron chi connectivity index (χ4n) is 2.61. The van der Waals surface area contributed by atoms with Crippen LogP contribution in [0.3, 0.4) is 0 Å². The Morgan fingerprint density at radius 3 is 2.53 bits per heavy atom. The first-order chi connectivity index (χ1) is 8.89. The number of hydrogen-bond acceptors (Lipinski definition) is 3.